The van der Waals surface area contributed by atoms with Crippen molar-refractivity contribution in [1.82, 2.24) is 0 Å². The van der Waals surface area contributed by atoms with Crippen LogP contribution in [-0.4, -0.2) is 57.7 Å². The van der Waals surface area contributed by atoms with Gasteiger partial charge in [-0.25, -0.2) is 0 Å². The zero-order valence-corrected chi connectivity index (χ0v) is 10.1. The molecule has 0 bridgehead atoms. The molecule has 0 saturated carbocycles. The van der Waals surface area contributed by atoms with Crippen LogP contribution < -0.4 is 10.5 Å². The van der Waals surface area contributed by atoms with E-state index in [4.69, 9.17) is 20.3 Å². The Morgan fingerprint density at radius 3 is 2.53 bits per heavy atom. The van der Waals surface area contributed by atoms with Crippen LogP contribution in [0.3, 0.4) is 0 Å². The minimum Gasteiger partial charge on any atom is -0.462 e. The van der Waals surface area contributed by atoms with Crippen LogP contribution in [0.2, 0.25) is 0 Å². The molecule has 0 amide bonds. The number of rotatable bonds is 3. The zero-order chi connectivity index (χ0) is 14.0. The molecule has 1 heterocycles. The molecule has 5 atom stereocenters. The van der Waals surface area contributed by atoms with Gasteiger partial charge in [-0.2, -0.15) is 0 Å². The lowest BCUT2D eigenvalue weighted by atomic mass is 9.99. The highest BCUT2D eigenvalue weighted by atomic mass is 16.7. The van der Waals surface area contributed by atoms with Crippen LogP contribution in [-0.2, 0) is 4.74 Å². The molecule has 1 aliphatic heterocycles. The molecule has 19 heavy (non-hydrogen) atoms. The molecule has 106 valence electrons. The Hall–Kier alpha value is -1.38. The van der Waals surface area contributed by atoms with E-state index in [1.807, 2.05) is 0 Å². The topological polar surface area (TPSA) is 125 Å². The molecule has 0 spiro atoms. The van der Waals surface area contributed by atoms with E-state index in [1.54, 1.807) is 18.2 Å². The quantitative estimate of drug-likeness (QED) is 0.421. The first-order valence-electron chi connectivity index (χ1n) is 5.85. The molecule has 6 N–H and O–H groups in total. The maximum atomic E-state index is 9.78. The van der Waals surface area contributed by atoms with Crippen molar-refractivity contribution >= 4 is 5.69 Å². The summed E-state index contributed by atoms with van der Waals surface area (Å²) in [6.45, 7) is -0.498. The zero-order valence-electron chi connectivity index (χ0n) is 10.1. The van der Waals surface area contributed by atoms with Gasteiger partial charge in [-0.1, -0.05) is 6.07 Å². The van der Waals surface area contributed by atoms with E-state index < -0.39 is 37.3 Å². The van der Waals surface area contributed by atoms with Crippen LogP contribution in [0.15, 0.2) is 24.3 Å². The maximum Gasteiger partial charge on any atom is 0.229 e. The number of hydrogen-bond acceptors (Lipinski definition) is 7. The van der Waals surface area contributed by atoms with Crippen LogP contribution in [0.5, 0.6) is 5.75 Å². The van der Waals surface area contributed by atoms with Crippen molar-refractivity contribution in [1.29, 1.82) is 0 Å². The van der Waals surface area contributed by atoms with Crippen molar-refractivity contribution < 1.29 is 29.9 Å². The average Bonchev–Trinajstić information content (AvgIpc) is 2.39. The molecule has 0 aromatic heterocycles. The van der Waals surface area contributed by atoms with Gasteiger partial charge < -0.3 is 35.6 Å². The molecule has 0 aliphatic carbocycles. The molecule has 1 unspecified atom stereocenters. The minimum atomic E-state index is -1.46. The van der Waals surface area contributed by atoms with Gasteiger partial charge >= 0.3 is 0 Å². The van der Waals surface area contributed by atoms with E-state index in [-0.39, 0.29) is 0 Å². The first-order chi connectivity index (χ1) is 9.02. The Labute approximate surface area is 109 Å². The van der Waals surface area contributed by atoms with Gasteiger partial charge in [-0.05, 0) is 12.1 Å². The lowest BCUT2D eigenvalue weighted by Crippen LogP contribution is -2.60. The Bertz CT molecular complexity index is 426. The number of hydrogen-bond donors (Lipinski definition) is 5. The SMILES string of the molecule is Nc1cccc(OC2O[C@H](CO)[C@@H](O)[C@H](O)[C@H]2O)c1. The summed E-state index contributed by atoms with van der Waals surface area (Å²) in [7, 11) is 0. The van der Waals surface area contributed by atoms with Crippen LogP contribution in [0.25, 0.3) is 0 Å². The van der Waals surface area contributed by atoms with Crippen LogP contribution in [0.1, 0.15) is 0 Å². The molecule has 7 heteroatoms. The largest absolute Gasteiger partial charge is 0.462 e. The summed E-state index contributed by atoms with van der Waals surface area (Å²) in [6.07, 6.45) is -6.49. The number of nitrogen functional groups attached to an aromatic ring is 1. The molecule has 1 saturated heterocycles. The van der Waals surface area contributed by atoms with Crippen LogP contribution in [0, 0.1) is 0 Å². The van der Waals surface area contributed by atoms with Gasteiger partial charge in [0, 0.05) is 11.8 Å². The third-order valence-corrected chi connectivity index (χ3v) is 2.96. The summed E-state index contributed by atoms with van der Waals surface area (Å²) < 4.78 is 10.6. The number of aliphatic hydroxyl groups excluding tert-OH is 4. The lowest BCUT2D eigenvalue weighted by Gasteiger charge is -2.39. The normalized spacial score (nSPS) is 35.1. The molecule has 1 aromatic rings. The first-order valence-corrected chi connectivity index (χ1v) is 5.85. The fourth-order valence-electron chi connectivity index (χ4n) is 1.89. The molecule has 1 fully saturated rings. The number of ether oxygens (including phenoxy) is 2. The van der Waals surface area contributed by atoms with E-state index in [1.165, 1.54) is 6.07 Å². The van der Waals surface area contributed by atoms with Crippen molar-refractivity contribution in [2.75, 3.05) is 12.3 Å². The predicted octanol–water partition coefficient (Wildman–Crippen LogP) is -1.55. The molecule has 7 nitrogen and oxygen atoms in total. The number of anilines is 1. The second-order valence-corrected chi connectivity index (χ2v) is 4.39. The molecular weight excluding hydrogens is 254 g/mol. The summed E-state index contributed by atoms with van der Waals surface area (Å²) in [6, 6.07) is 6.47. The van der Waals surface area contributed by atoms with Gasteiger partial charge in [0.05, 0.1) is 6.61 Å². The summed E-state index contributed by atoms with van der Waals surface area (Å²) in [5.41, 5.74) is 6.06. The van der Waals surface area contributed by atoms with E-state index in [0.717, 1.165) is 0 Å². The Morgan fingerprint density at radius 2 is 1.89 bits per heavy atom. The third-order valence-electron chi connectivity index (χ3n) is 2.96. The highest BCUT2D eigenvalue weighted by Gasteiger charge is 2.44. The van der Waals surface area contributed by atoms with Crippen LogP contribution in [0.4, 0.5) is 5.69 Å². The predicted molar refractivity (Wildman–Crippen MR) is 65.2 cm³/mol. The molecular formula is C12H17NO6. The van der Waals surface area contributed by atoms with Crippen LogP contribution >= 0.6 is 0 Å². The first kappa shape index (κ1) is 14.0. The fourth-order valence-corrected chi connectivity index (χ4v) is 1.89. The van der Waals surface area contributed by atoms with Gasteiger partial charge in [-0.15, -0.1) is 0 Å². The Morgan fingerprint density at radius 1 is 1.16 bits per heavy atom. The standard InChI is InChI=1S/C12H17NO6/c13-6-2-1-3-7(4-6)18-12-11(17)10(16)9(15)8(5-14)19-12/h1-4,8-12,14-17H,5,13H2/t8-,9-,10+,11-,12?/m1/s1. The minimum absolute atomic E-state index is 0.351. The maximum absolute atomic E-state index is 9.78. The summed E-state index contributed by atoms with van der Waals surface area (Å²) >= 11 is 0. The van der Waals surface area contributed by atoms with E-state index in [0.29, 0.717) is 11.4 Å². The molecule has 1 aliphatic rings. The van der Waals surface area contributed by atoms with Gasteiger partial charge in [-0.3, -0.25) is 0 Å². The lowest BCUT2D eigenvalue weighted by molar-refractivity contribution is -0.277. The Kier molecular flexibility index (Phi) is 4.23. The van der Waals surface area contributed by atoms with Crippen molar-refractivity contribution in [3.05, 3.63) is 24.3 Å². The molecule has 2 rings (SSSR count). The van der Waals surface area contributed by atoms with E-state index >= 15 is 0 Å². The fraction of sp³-hybridized carbons (Fsp3) is 0.500. The van der Waals surface area contributed by atoms with Crippen molar-refractivity contribution in [3.8, 4) is 5.75 Å². The Balaban J connectivity index is 2.10. The summed E-state index contributed by atoms with van der Waals surface area (Å²) in [5.74, 6) is 0.351. The van der Waals surface area contributed by atoms with Gasteiger partial charge in [0.15, 0.2) is 0 Å². The van der Waals surface area contributed by atoms with E-state index in [2.05, 4.69) is 0 Å². The summed E-state index contributed by atoms with van der Waals surface area (Å²) in [4.78, 5) is 0. The highest BCUT2D eigenvalue weighted by Crippen LogP contribution is 2.25. The van der Waals surface area contributed by atoms with Crippen molar-refractivity contribution in [2.45, 2.75) is 30.7 Å². The monoisotopic (exact) mass is 271 g/mol. The smallest absolute Gasteiger partial charge is 0.229 e. The number of benzene rings is 1. The van der Waals surface area contributed by atoms with Crippen molar-refractivity contribution in [2.24, 2.45) is 0 Å². The average molecular weight is 271 g/mol. The second-order valence-electron chi connectivity index (χ2n) is 4.39. The second kappa shape index (κ2) is 5.72. The van der Waals surface area contributed by atoms with Gasteiger partial charge in [0.1, 0.15) is 30.2 Å². The summed E-state index contributed by atoms with van der Waals surface area (Å²) in [5, 5.41) is 38.0. The number of nitrogens with two attached hydrogens (primary N) is 1. The third kappa shape index (κ3) is 2.96. The van der Waals surface area contributed by atoms with Crippen molar-refractivity contribution in [3.63, 3.8) is 0 Å². The molecule has 1 aromatic carbocycles. The highest BCUT2D eigenvalue weighted by molar-refractivity contribution is 5.43. The van der Waals surface area contributed by atoms with Gasteiger partial charge in [0.2, 0.25) is 6.29 Å². The molecule has 0 radical (unpaired) electrons. The van der Waals surface area contributed by atoms with E-state index in [9.17, 15) is 15.3 Å². The van der Waals surface area contributed by atoms with Gasteiger partial charge in [0.25, 0.3) is 0 Å². The number of aliphatic hydroxyl groups is 4.